The molecule has 2 aromatic rings. The van der Waals surface area contributed by atoms with Crippen LogP contribution in [0.5, 0.6) is 11.5 Å². The lowest BCUT2D eigenvalue weighted by Gasteiger charge is -2.06. The zero-order valence-electron chi connectivity index (χ0n) is 7.85. The smallest absolute Gasteiger partial charge is 0.171 e. The minimum atomic E-state index is 0.333. The molecule has 0 bridgehead atoms. The molecule has 4 heteroatoms. The summed E-state index contributed by atoms with van der Waals surface area (Å²) in [5, 5.41) is 0.333. The van der Waals surface area contributed by atoms with Crippen LogP contribution >= 0.6 is 11.6 Å². The van der Waals surface area contributed by atoms with Crippen LogP contribution in [0.1, 0.15) is 0 Å². The van der Waals surface area contributed by atoms with Crippen molar-refractivity contribution in [3.8, 4) is 11.5 Å². The normalized spacial score (nSPS) is 9.93. The number of aromatic nitrogens is 1. The predicted octanol–water partition coefficient (Wildman–Crippen LogP) is 3.11. The highest BCUT2D eigenvalue weighted by Crippen LogP contribution is 2.27. The van der Waals surface area contributed by atoms with E-state index in [1.54, 1.807) is 36.5 Å². The molecule has 0 atom stereocenters. The summed E-state index contributed by atoms with van der Waals surface area (Å²) >= 11 is 5.85. The standard InChI is InChI=1S/C11H9ClN2O/c12-11-10(5-2-6-14-11)15-9-4-1-3-8(13)7-9/h1-7H,13H2. The molecule has 2 N–H and O–H groups in total. The maximum atomic E-state index is 5.85. The number of rotatable bonds is 2. The maximum Gasteiger partial charge on any atom is 0.171 e. The van der Waals surface area contributed by atoms with Crippen LogP contribution < -0.4 is 10.5 Å². The van der Waals surface area contributed by atoms with Gasteiger partial charge in [-0.2, -0.15) is 0 Å². The molecule has 0 saturated heterocycles. The number of nitrogens with two attached hydrogens (primary N) is 1. The van der Waals surface area contributed by atoms with E-state index >= 15 is 0 Å². The second kappa shape index (κ2) is 4.19. The molecule has 2 rings (SSSR count). The van der Waals surface area contributed by atoms with E-state index in [0.29, 0.717) is 22.3 Å². The molecule has 1 aromatic heterocycles. The average Bonchev–Trinajstić information content (AvgIpc) is 2.22. The molecule has 0 saturated carbocycles. The monoisotopic (exact) mass is 220 g/mol. The van der Waals surface area contributed by atoms with Crippen LogP contribution in [0.3, 0.4) is 0 Å². The van der Waals surface area contributed by atoms with E-state index in [1.165, 1.54) is 0 Å². The van der Waals surface area contributed by atoms with Gasteiger partial charge in [-0.25, -0.2) is 4.98 Å². The van der Waals surface area contributed by atoms with Crippen LogP contribution in [0.2, 0.25) is 5.15 Å². The Morgan fingerprint density at radius 2 is 2.07 bits per heavy atom. The minimum absolute atomic E-state index is 0.333. The Balaban J connectivity index is 2.26. The number of benzene rings is 1. The molecular weight excluding hydrogens is 212 g/mol. The Kier molecular flexibility index (Phi) is 2.74. The summed E-state index contributed by atoms with van der Waals surface area (Å²) < 4.78 is 5.52. The molecule has 76 valence electrons. The van der Waals surface area contributed by atoms with E-state index in [-0.39, 0.29) is 0 Å². The van der Waals surface area contributed by atoms with Crippen molar-refractivity contribution in [2.75, 3.05) is 5.73 Å². The van der Waals surface area contributed by atoms with Gasteiger partial charge in [0.2, 0.25) is 0 Å². The number of ether oxygens (including phenoxy) is 1. The van der Waals surface area contributed by atoms with E-state index in [2.05, 4.69) is 4.98 Å². The first-order valence-corrected chi connectivity index (χ1v) is 4.77. The van der Waals surface area contributed by atoms with Crippen LogP contribution in [0.25, 0.3) is 0 Å². The Labute approximate surface area is 92.5 Å². The van der Waals surface area contributed by atoms with Crippen molar-refractivity contribution >= 4 is 17.3 Å². The number of hydrogen-bond donors (Lipinski definition) is 1. The van der Waals surface area contributed by atoms with Gasteiger partial charge in [0.05, 0.1) is 0 Å². The molecule has 3 nitrogen and oxygen atoms in total. The molecule has 0 spiro atoms. The van der Waals surface area contributed by atoms with E-state index in [1.807, 2.05) is 6.07 Å². The Hall–Kier alpha value is -1.74. The molecule has 1 aromatic carbocycles. The fourth-order valence-corrected chi connectivity index (χ4v) is 1.31. The summed E-state index contributed by atoms with van der Waals surface area (Å²) in [4.78, 5) is 3.91. The van der Waals surface area contributed by atoms with Gasteiger partial charge in [-0.1, -0.05) is 17.7 Å². The quantitative estimate of drug-likeness (QED) is 0.625. The van der Waals surface area contributed by atoms with Gasteiger partial charge >= 0.3 is 0 Å². The number of pyridine rings is 1. The summed E-state index contributed by atoms with van der Waals surface area (Å²) in [7, 11) is 0. The number of nitrogen functional groups attached to an aromatic ring is 1. The van der Waals surface area contributed by atoms with Crippen molar-refractivity contribution < 1.29 is 4.74 Å². The molecule has 15 heavy (non-hydrogen) atoms. The van der Waals surface area contributed by atoms with E-state index in [9.17, 15) is 0 Å². The van der Waals surface area contributed by atoms with E-state index < -0.39 is 0 Å². The summed E-state index contributed by atoms with van der Waals surface area (Å²) in [5.74, 6) is 1.16. The van der Waals surface area contributed by atoms with Crippen molar-refractivity contribution in [2.45, 2.75) is 0 Å². The van der Waals surface area contributed by atoms with Crippen molar-refractivity contribution in [3.63, 3.8) is 0 Å². The first kappa shape index (κ1) is 9.80. The Morgan fingerprint density at radius 1 is 1.20 bits per heavy atom. The van der Waals surface area contributed by atoms with Crippen LogP contribution in [0, 0.1) is 0 Å². The minimum Gasteiger partial charge on any atom is -0.454 e. The fraction of sp³-hybridized carbons (Fsp3) is 0. The lowest BCUT2D eigenvalue weighted by atomic mass is 10.3. The summed E-state index contributed by atoms with van der Waals surface area (Å²) in [6.45, 7) is 0. The third-order valence-electron chi connectivity index (χ3n) is 1.81. The van der Waals surface area contributed by atoms with Crippen molar-refractivity contribution in [2.24, 2.45) is 0 Å². The van der Waals surface area contributed by atoms with E-state index in [4.69, 9.17) is 22.1 Å². The lowest BCUT2D eigenvalue weighted by Crippen LogP contribution is -1.89. The first-order chi connectivity index (χ1) is 7.25. The van der Waals surface area contributed by atoms with Crippen LogP contribution in [-0.4, -0.2) is 4.98 Å². The summed E-state index contributed by atoms with van der Waals surface area (Å²) in [6.07, 6.45) is 1.61. The third kappa shape index (κ3) is 2.39. The van der Waals surface area contributed by atoms with Gasteiger partial charge < -0.3 is 10.5 Å². The highest BCUT2D eigenvalue weighted by Gasteiger charge is 2.02. The van der Waals surface area contributed by atoms with Gasteiger partial charge in [-0.05, 0) is 24.3 Å². The zero-order chi connectivity index (χ0) is 10.7. The van der Waals surface area contributed by atoms with Gasteiger partial charge in [0.25, 0.3) is 0 Å². The largest absolute Gasteiger partial charge is 0.454 e. The average molecular weight is 221 g/mol. The van der Waals surface area contributed by atoms with Gasteiger partial charge in [0, 0.05) is 18.0 Å². The van der Waals surface area contributed by atoms with E-state index in [0.717, 1.165) is 0 Å². The highest BCUT2D eigenvalue weighted by molar-refractivity contribution is 6.30. The van der Waals surface area contributed by atoms with Gasteiger partial charge in [0.15, 0.2) is 10.9 Å². The number of hydrogen-bond acceptors (Lipinski definition) is 3. The molecule has 0 aliphatic rings. The highest BCUT2D eigenvalue weighted by atomic mass is 35.5. The molecule has 0 aliphatic carbocycles. The molecular formula is C11H9ClN2O. The van der Waals surface area contributed by atoms with Crippen LogP contribution in [0.15, 0.2) is 42.6 Å². The summed E-state index contributed by atoms with van der Waals surface area (Å²) in [5.41, 5.74) is 6.27. The van der Waals surface area contributed by atoms with Gasteiger partial charge in [-0.15, -0.1) is 0 Å². The predicted molar refractivity (Wildman–Crippen MR) is 60.2 cm³/mol. The number of nitrogens with zero attached hydrogens (tertiary/aromatic N) is 1. The van der Waals surface area contributed by atoms with Crippen molar-refractivity contribution in [3.05, 3.63) is 47.7 Å². The second-order valence-corrected chi connectivity index (χ2v) is 3.32. The molecule has 0 unspecified atom stereocenters. The maximum absolute atomic E-state index is 5.85. The number of anilines is 1. The molecule has 0 fully saturated rings. The molecule has 1 heterocycles. The van der Waals surface area contributed by atoms with Crippen LogP contribution in [0.4, 0.5) is 5.69 Å². The van der Waals surface area contributed by atoms with Gasteiger partial charge in [-0.3, -0.25) is 0 Å². The summed E-state index contributed by atoms with van der Waals surface area (Å²) in [6, 6.07) is 10.6. The second-order valence-electron chi connectivity index (χ2n) is 2.97. The Bertz CT molecular complexity index is 474. The third-order valence-corrected chi connectivity index (χ3v) is 2.09. The number of halogens is 1. The molecule has 0 aliphatic heterocycles. The Morgan fingerprint density at radius 3 is 2.80 bits per heavy atom. The van der Waals surface area contributed by atoms with Gasteiger partial charge in [0.1, 0.15) is 5.75 Å². The molecule has 0 amide bonds. The van der Waals surface area contributed by atoms with Crippen molar-refractivity contribution in [1.82, 2.24) is 4.98 Å². The fourth-order valence-electron chi connectivity index (χ4n) is 1.15. The first-order valence-electron chi connectivity index (χ1n) is 4.39. The van der Waals surface area contributed by atoms with Crippen molar-refractivity contribution in [1.29, 1.82) is 0 Å². The van der Waals surface area contributed by atoms with Crippen LogP contribution in [-0.2, 0) is 0 Å². The SMILES string of the molecule is Nc1cccc(Oc2cccnc2Cl)c1. The molecule has 0 radical (unpaired) electrons. The topological polar surface area (TPSA) is 48.1 Å². The zero-order valence-corrected chi connectivity index (χ0v) is 8.61. The lowest BCUT2D eigenvalue weighted by molar-refractivity contribution is 0.481.